The molecule has 0 aliphatic rings. The van der Waals surface area contributed by atoms with Gasteiger partial charge in [0.1, 0.15) is 5.82 Å². The van der Waals surface area contributed by atoms with Crippen molar-refractivity contribution in [2.75, 3.05) is 11.9 Å². The van der Waals surface area contributed by atoms with E-state index in [-0.39, 0.29) is 0 Å². The summed E-state index contributed by atoms with van der Waals surface area (Å²) in [6, 6.07) is 11.1. The van der Waals surface area contributed by atoms with Gasteiger partial charge in [0.05, 0.1) is 11.0 Å². The maximum Gasteiger partial charge on any atom is 0.126 e. The van der Waals surface area contributed by atoms with Crippen molar-refractivity contribution in [3.63, 3.8) is 0 Å². The van der Waals surface area contributed by atoms with Gasteiger partial charge in [0, 0.05) is 23.0 Å². The first-order valence-electron chi connectivity index (χ1n) is 10.6. The van der Waals surface area contributed by atoms with Gasteiger partial charge in [-0.15, -0.1) is 0 Å². The fourth-order valence-corrected chi connectivity index (χ4v) is 3.55. The maximum atomic E-state index is 5.01. The van der Waals surface area contributed by atoms with E-state index in [0.717, 1.165) is 42.7 Å². The molecule has 0 bridgehead atoms. The summed E-state index contributed by atoms with van der Waals surface area (Å²) in [5, 5.41) is 5.93. The van der Waals surface area contributed by atoms with Crippen LogP contribution >= 0.6 is 0 Å². The molecule has 0 amide bonds. The summed E-state index contributed by atoms with van der Waals surface area (Å²) in [6.07, 6.45) is 6.88. The van der Waals surface area contributed by atoms with Crippen LogP contribution in [0.1, 0.15) is 77.0 Å². The zero-order chi connectivity index (χ0) is 19.2. The Morgan fingerprint density at radius 2 is 1.74 bits per heavy atom. The van der Waals surface area contributed by atoms with Gasteiger partial charge in [0.15, 0.2) is 0 Å². The first-order chi connectivity index (χ1) is 13.2. The smallest absolute Gasteiger partial charge is 0.126 e. The number of anilines is 1. The van der Waals surface area contributed by atoms with Crippen molar-refractivity contribution >= 4 is 27.6 Å². The highest BCUT2D eigenvalue weighted by Crippen LogP contribution is 2.33. The van der Waals surface area contributed by atoms with Crippen molar-refractivity contribution in [3.05, 3.63) is 41.6 Å². The Morgan fingerprint density at radius 1 is 0.926 bits per heavy atom. The number of nitrogens with zero attached hydrogens (tertiary/aromatic N) is 2. The Hall–Kier alpha value is -2.16. The standard InChI is InChI=1S/C24H33N3/c1-5-8-10-19-12-11-18-16-21(17(4)7-3)20-13-14-22(25-15-9-6-2)27-24(20)23(18)26-19/h11-14,16-17H,5-10,15H2,1-4H3,(H,25,27)/t17-/m0/s1. The van der Waals surface area contributed by atoms with Gasteiger partial charge in [0.2, 0.25) is 0 Å². The van der Waals surface area contributed by atoms with Gasteiger partial charge in [-0.05, 0) is 61.4 Å². The third-order valence-corrected chi connectivity index (χ3v) is 5.49. The molecule has 0 unspecified atom stereocenters. The summed E-state index contributed by atoms with van der Waals surface area (Å²) in [6.45, 7) is 9.96. The highest BCUT2D eigenvalue weighted by molar-refractivity contribution is 6.05. The van der Waals surface area contributed by atoms with Gasteiger partial charge in [-0.3, -0.25) is 4.98 Å². The molecule has 3 heteroatoms. The topological polar surface area (TPSA) is 37.8 Å². The van der Waals surface area contributed by atoms with Crippen molar-refractivity contribution in [2.45, 2.75) is 72.1 Å². The number of pyridine rings is 2. The minimum absolute atomic E-state index is 0.511. The summed E-state index contributed by atoms with van der Waals surface area (Å²) in [5.74, 6) is 1.47. The fraction of sp³-hybridized carbons (Fsp3) is 0.500. The molecule has 0 saturated heterocycles. The molecule has 144 valence electrons. The van der Waals surface area contributed by atoms with Crippen LogP contribution in [-0.2, 0) is 6.42 Å². The quantitative estimate of drug-likeness (QED) is 0.333. The highest BCUT2D eigenvalue weighted by Gasteiger charge is 2.14. The maximum absolute atomic E-state index is 5.01. The molecule has 0 fully saturated rings. The van der Waals surface area contributed by atoms with Crippen LogP contribution in [0.2, 0.25) is 0 Å². The van der Waals surface area contributed by atoms with E-state index in [4.69, 9.17) is 9.97 Å². The van der Waals surface area contributed by atoms with Crippen LogP contribution < -0.4 is 5.32 Å². The van der Waals surface area contributed by atoms with E-state index in [1.807, 2.05) is 0 Å². The number of unbranched alkanes of at least 4 members (excludes halogenated alkanes) is 2. The lowest BCUT2D eigenvalue weighted by Gasteiger charge is -2.16. The van der Waals surface area contributed by atoms with Crippen LogP contribution in [-0.4, -0.2) is 16.5 Å². The summed E-state index contributed by atoms with van der Waals surface area (Å²) in [7, 11) is 0. The average molecular weight is 364 g/mol. The van der Waals surface area contributed by atoms with E-state index < -0.39 is 0 Å². The third-order valence-electron chi connectivity index (χ3n) is 5.49. The van der Waals surface area contributed by atoms with Crippen molar-refractivity contribution in [3.8, 4) is 0 Å². The molecule has 1 atom stereocenters. The minimum atomic E-state index is 0.511. The monoisotopic (exact) mass is 363 g/mol. The van der Waals surface area contributed by atoms with Crippen LogP contribution in [0.4, 0.5) is 5.82 Å². The highest BCUT2D eigenvalue weighted by atomic mass is 15.0. The molecule has 0 spiro atoms. The zero-order valence-corrected chi connectivity index (χ0v) is 17.3. The third kappa shape index (κ3) is 4.40. The number of hydrogen-bond acceptors (Lipinski definition) is 3. The van der Waals surface area contributed by atoms with Crippen LogP contribution in [0, 0.1) is 0 Å². The molecule has 0 radical (unpaired) electrons. The number of hydrogen-bond donors (Lipinski definition) is 1. The van der Waals surface area contributed by atoms with E-state index in [9.17, 15) is 0 Å². The molecule has 0 aliphatic carbocycles. The van der Waals surface area contributed by atoms with Crippen LogP contribution in [0.5, 0.6) is 0 Å². The lowest BCUT2D eigenvalue weighted by molar-refractivity contribution is 0.740. The first kappa shape index (κ1) is 19.6. The summed E-state index contributed by atoms with van der Waals surface area (Å²) >= 11 is 0. The Bertz CT molecular complexity index is 901. The number of rotatable bonds is 9. The largest absolute Gasteiger partial charge is 0.370 e. The Morgan fingerprint density at radius 3 is 2.48 bits per heavy atom. The van der Waals surface area contributed by atoms with Crippen LogP contribution in [0.15, 0.2) is 30.3 Å². The average Bonchev–Trinajstić information content (AvgIpc) is 2.71. The Balaban J connectivity index is 2.15. The SMILES string of the molecule is CCCCNc1ccc2c([C@@H](C)CC)cc3ccc(CCCC)nc3c2n1. The number of aryl methyl sites for hydroxylation is 1. The zero-order valence-electron chi connectivity index (χ0n) is 17.3. The van der Waals surface area contributed by atoms with Gasteiger partial charge in [0.25, 0.3) is 0 Å². The Labute approximate surface area is 163 Å². The second-order valence-electron chi connectivity index (χ2n) is 7.63. The van der Waals surface area contributed by atoms with Crippen molar-refractivity contribution < 1.29 is 0 Å². The van der Waals surface area contributed by atoms with E-state index in [0.29, 0.717) is 5.92 Å². The predicted octanol–water partition coefficient (Wildman–Crippen LogP) is 6.85. The van der Waals surface area contributed by atoms with Crippen LogP contribution in [0.3, 0.4) is 0 Å². The Kier molecular flexibility index (Phi) is 6.65. The molecule has 27 heavy (non-hydrogen) atoms. The van der Waals surface area contributed by atoms with Crippen LogP contribution in [0.25, 0.3) is 21.8 Å². The van der Waals surface area contributed by atoms with Gasteiger partial charge in [-0.1, -0.05) is 46.6 Å². The number of benzene rings is 1. The van der Waals surface area contributed by atoms with Crippen molar-refractivity contribution in [1.82, 2.24) is 9.97 Å². The molecule has 0 aliphatic heterocycles. The molecular formula is C24H33N3. The molecule has 3 nitrogen and oxygen atoms in total. The summed E-state index contributed by atoms with van der Waals surface area (Å²) < 4.78 is 0. The molecular weight excluding hydrogens is 330 g/mol. The van der Waals surface area contributed by atoms with E-state index in [1.54, 1.807) is 0 Å². The van der Waals surface area contributed by atoms with E-state index in [2.05, 4.69) is 63.3 Å². The lowest BCUT2D eigenvalue weighted by atomic mass is 9.92. The predicted molar refractivity (Wildman–Crippen MR) is 118 cm³/mol. The number of aromatic nitrogens is 2. The lowest BCUT2D eigenvalue weighted by Crippen LogP contribution is -2.04. The second kappa shape index (κ2) is 9.16. The van der Waals surface area contributed by atoms with Crippen molar-refractivity contribution in [2.24, 2.45) is 0 Å². The van der Waals surface area contributed by atoms with E-state index in [1.165, 1.54) is 41.3 Å². The van der Waals surface area contributed by atoms with Gasteiger partial charge in [-0.25, -0.2) is 4.98 Å². The first-order valence-corrected chi connectivity index (χ1v) is 10.6. The van der Waals surface area contributed by atoms with E-state index >= 15 is 0 Å². The summed E-state index contributed by atoms with van der Waals surface area (Å²) in [5.41, 5.74) is 4.65. The number of fused-ring (bicyclic) bond motifs is 3. The summed E-state index contributed by atoms with van der Waals surface area (Å²) in [4.78, 5) is 10.0. The van der Waals surface area contributed by atoms with Gasteiger partial charge in [-0.2, -0.15) is 0 Å². The molecule has 3 aromatic rings. The minimum Gasteiger partial charge on any atom is -0.370 e. The molecule has 2 aromatic heterocycles. The fourth-order valence-electron chi connectivity index (χ4n) is 3.55. The van der Waals surface area contributed by atoms with Gasteiger partial charge >= 0.3 is 0 Å². The molecule has 2 heterocycles. The molecule has 1 N–H and O–H groups in total. The molecule has 1 aromatic carbocycles. The van der Waals surface area contributed by atoms with Crippen molar-refractivity contribution in [1.29, 1.82) is 0 Å². The normalized spacial score (nSPS) is 12.6. The number of nitrogens with one attached hydrogen (secondary N) is 1. The van der Waals surface area contributed by atoms with Gasteiger partial charge < -0.3 is 5.32 Å². The molecule has 3 rings (SSSR count). The second-order valence-corrected chi connectivity index (χ2v) is 7.63. The molecule has 0 saturated carbocycles.